The van der Waals surface area contributed by atoms with Crippen LogP contribution in [0.3, 0.4) is 0 Å². The van der Waals surface area contributed by atoms with Crippen molar-refractivity contribution in [2.24, 2.45) is 34.5 Å². The quantitative estimate of drug-likeness (QED) is 0.662. The summed E-state index contributed by atoms with van der Waals surface area (Å²) in [7, 11) is 0. The van der Waals surface area contributed by atoms with Gasteiger partial charge in [0.05, 0.1) is 6.10 Å². The first-order chi connectivity index (χ1) is 15.0. The lowest BCUT2D eigenvalue weighted by molar-refractivity contribution is -0.180. The molecule has 0 heterocycles. The molecule has 0 bridgehead atoms. The fourth-order valence-electron chi connectivity index (χ4n) is 7.87. The topological polar surface area (TPSA) is 107 Å². The number of fused-ring (bicyclic) bond motifs is 5. The lowest BCUT2D eigenvalue weighted by Gasteiger charge is -2.60. The molecule has 3 saturated carbocycles. The van der Waals surface area contributed by atoms with Crippen molar-refractivity contribution in [3.63, 3.8) is 0 Å². The molecule has 8 atom stereocenters. The van der Waals surface area contributed by atoms with Gasteiger partial charge in [0.2, 0.25) is 0 Å². The summed E-state index contributed by atoms with van der Waals surface area (Å²) in [5.74, 6) is -0.956. The second-order valence-electron chi connectivity index (χ2n) is 10.7. The van der Waals surface area contributed by atoms with Gasteiger partial charge in [0, 0.05) is 37.5 Å². The van der Waals surface area contributed by atoms with Gasteiger partial charge in [-0.05, 0) is 55.4 Å². The fraction of sp³-hybridized carbons (Fsp3) is 0.760. The minimum atomic E-state index is -0.677. The van der Waals surface area contributed by atoms with Crippen LogP contribution in [0.1, 0.15) is 66.2 Å². The smallest absolute Gasteiger partial charge is 0.303 e. The second-order valence-corrected chi connectivity index (χ2v) is 10.7. The zero-order chi connectivity index (χ0) is 23.4. The average Bonchev–Trinajstić information content (AvgIpc) is 3.03. The van der Waals surface area contributed by atoms with Crippen LogP contribution in [0, 0.1) is 34.5 Å². The zero-order valence-electron chi connectivity index (χ0n) is 19.4. The van der Waals surface area contributed by atoms with Gasteiger partial charge < -0.3 is 14.6 Å². The van der Waals surface area contributed by atoms with E-state index in [4.69, 9.17) is 9.47 Å². The van der Waals surface area contributed by atoms with Crippen LogP contribution in [-0.2, 0) is 28.7 Å². The summed E-state index contributed by atoms with van der Waals surface area (Å²) in [5.41, 5.74) is 0.0178. The first-order valence-corrected chi connectivity index (χ1v) is 11.7. The highest BCUT2D eigenvalue weighted by molar-refractivity contribution is 5.92. The maximum atomic E-state index is 12.9. The van der Waals surface area contributed by atoms with E-state index in [1.807, 2.05) is 6.92 Å². The molecular formula is C25H34O7. The number of aliphatic hydroxyl groups excluding tert-OH is 1. The molecule has 176 valence electrons. The highest BCUT2D eigenvalue weighted by atomic mass is 16.5. The van der Waals surface area contributed by atoms with Crippen molar-refractivity contribution >= 4 is 23.5 Å². The van der Waals surface area contributed by atoms with Crippen LogP contribution < -0.4 is 0 Å². The molecule has 0 aliphatic heterocycles. The van der Waals surface area contributed by atoms with Crippen LogP contribution in [0.4, 0.5) is 0 Å². The van der Waals surface area contributed by atoms with Crippen LogP contribution in [0.2, 0.25) is 0 Å². The third kappa shape index (κ3) is 3.53. The van der Waals surface area contributed by atoms with Gasteiger partial charge in [0.25, 0.3) is 0 Å². The van der Waals surface area contributed by atoms with E-state index < -0.39 is 29.6 Å². The van der Waals surface area contributed by atoms with E-state index >= 15 is 0 Å². The summed E-state index contributed by atoms with van der Waals surface area (Å²) in [6.07, 6.45) is 4.23. The molecule has 0 aromatic heterocycles. The molecule has 0 spiro atoms. The number of carbonyl (C=O) groups is 4. The number of hydrogen-bond donors (Lipinski definition) is 1. The average molecular weight is 447 g/mol. The van der Waals surface area contributed by atoms with Crippen LogP contribution in [0.5, 0.6) is 0 Å². The normalized spacial score (nSPS) is 42.8. The number of Topliss-reactive ketones (excluding diaryl/α,β-unsaturated/α-hetero) is 1. The molecular weight excluding hydrogens is 412 g/mol. The summed E-state index contributed by atoms with van der Waals surface area (Å²) in [5, 5.41) is 11.5. The molecule has 32 heavy (non-hydrogen) atoms. The Morgan fingerprint density at radius 3 is 2.50 bits per heavy atom. The van der Waals surface area contributed by atoms with Gasteiger partial charge in [0.1, 0.15) is 12.7 Å². The van der Waals surface area contributed by atoms with E-state index in [9.17, 15) is 24.3 Å². The van der Waals surface area contributed by atoms with Crippen molar-refractivity contribution in [3.05, 3.63) is 11.6 Å². The Balaban J connectivity index is 1.66. The summed E-state index contributed by atoms with van der Waals surface area (Å²) in [4.78, 5) is 48.3. The van der Waals surface area contributed by atoms with Crippen LogP contribution in [0.15, 0.2) is 11.6 Å². The van der Waals surface area contributed by atoms with Crippen molar-refractivity contribution in [1.82, 2.24) is 0 Å². The highest BCUT2D eigenvalue weighted by Gasteiger charge is 2.65. The predicted octanol–water partition coefficient (Wildman–Crippen LogP) is 2.78. The molecule has 7 nitrogen and oxygen atoms in total. The summed E-state index contributed by atoms with van der Waals surface area (Å²) in [6, 6.07) is 0. The minimum absolute atomic E-state index is 0.0330. The molecule has 4 aliphatic rings. The molecule has 3 fully saturated rings. The number of ketones is 2. The number of aliphatic hydroxyl groups is 1. The van der Waals surface area contributed by atoms with Crippen molar-refractivity contribution in [3.8, 4) is 0 Å². The third-order valence-electron chi connectivity index (χ3n) is 9.09. The molecule has 8 unspecified atom stereocenters. The molecule has 0 aromatic carbocycles. The molecule has 1 N–H and O–H groups in total. The van der Waals surface area contributed by atoms with E-state index in [0.717, 1.165) is 31.3 Å². The molecule has 0 saturated heterocycles. The van der Waals surface area contributed by atoms with Gasteiger partial charge in [-0.15, -0.1) is 0 Å². The third-order valence-corrected chi connectivity index (χ3v) is 9.09. The van der Waals surface area contributed by atoms with Gasteiger partial charge >= 0.3 is 11.9 Å². The standard InChI is InChI=1S/C25H34O7/c1-13(26)31-12-21(30)19-8-7-18-17-6-5-15-9-16(28)10-22(32-14(2)27)25(15,4)23(17)20(29)11-24(18,19)3/h9,17-20,22-23,29H,5-8,10-12H2,1-4H3. The van der Waals surface area contributed by atoms with Crippen LogP contribution >= 0.6 is 0 Å². The molecule has 4 rings (SSSR count). The Labute approximate surface area is 188 Å². The maximum absolute atomic E-state index is 12.9. The first-order valence-electron chi connectivity index (χ1n) is 11.7. The summed E-state index contributed by atoms with van der Waals surface area (Å²) >= 11 is 0. The number of carbonyl (C=O) groups excluding carboxylic acids is 4. The molecule has 0 aromatic rings. The van der Waals surface area contributed by atoms with Gasteiger partial charge in [-0.3, -0.25) is 19.2 Å². The number of hydrogen-bond acceptors (Lipinski definition) is 7. The van der Waals surface area contributed by atoms with Crippen molar-refractivity contribution in [1.29, 1.82) is 0 Å². The largest absolute Gasteiger partial charge is 0.461 e. The van der Waals surface area contributed by atoms with Gasteiger partial charge in [-0.25, -0.2) is 0 Å². The van der Waals surface area contributed by atoms with Crippen LogP contribution in [0.25, 0.3) is 0 Å². The van der Waals surface area contributed by atoms with E-state index in [0.29, 0.717) is 6.42 Å². The molecule has 4 aliphatic carbocycles. The predicted molar refractivity (Wildman–Crippen MR) is 114 cm³/mol. The molecule has 7 heteroatoms. The van der Waals surface area contributed by atoms with E-state index in [-0.39, 0.29) is 53.7 Å². The lowest BCUT2D eigenvalue weighted by Crippen LogP contribution is -2.61. The van der Waals surface area contributed by atoms with Crippen molar-refractivity contribution < 1.29 is 33.8 Å². The lowest BCUT2D eigenvalue weighted by atomic mass is 9.45. The first kappa shape index (κ1) is 23.1. The van der Waals surface area contributed by atoms with Gasteiger partial charge in [-0.1, -0.05) is 19.4 Å². The van der Waals surface area contributed by atoms with Crippen LogP contribution in [-0.4, -0.2) is 47.4 Å². The molecule has 0 amide bonds. The Morgan fingerprint density at radius 2 is 1.84 bits per heavy atom. The fourth-order valence-corrected chi connectivity index (χ4v) is 7.87. The van der Waals surface area contributed by atoms with Gasteiger partial charge in [0.15, 0.2) is 11.6 Å². The Morgan fingerprint density at radius 1 is 1.12 bits per heavy atom. The summed E-state index contributed by atoms with van der Waals surface area (Å²) < 4.78 is 10.7. The van der Waals surface area contributed by atoms with Crippen molar-refractivity contribution in [2.75, 3.05) is 6.61 Å². The second kappa shape index (κ2) is 8.08. The highest BCUT2D eigenvalue weighted by Crippen LogP contribution is 2.67. The number of ether oxygens (including phenoxy) is 2. The summed E-state index contributed by atoms with van der Waals surface area (Å²) in [6.45, 7) is 6.58. The molecule has 0 radical (unpaired) electrons. The number of rotatable bonds is 4. The Kier molecular flexibility index (Phi) is 5.85. The monoisotopic (exact) mass is 446 g/mol. The Bertz CT molecular complexity index is 876. The van der Waals surface area contributed by atoms with E-state index in [2.05, 4.69) is 6.92 Å². The Hall–Kier alpha value is -2.02. The minimum Gasteiger partial charge on any atom is -0.461 e. The van der Waals surface area contributed by atoms with E-state index in [1.54, 1.807) is 6.08 Å². The maximum Gasteiger partial charge on any atom is 0.303 e. The van der Waals surface area contributed by atoms with E-state index in [1.165, 1.54) is 13.8 Å². The van der Waals surface area contributed by atoms with Crippen molar-refractivity contribution in [2.45, 2.75) is 78.4 Å². The number of esters is 2. The zero-order valence-corrected chi connectivity index (χ0v) is 19.4. The SMILES string of the molecule is CC(=O)OCC(=O)C1CCC2C3CCC4=CC(=O)CC(OC(C)=O)C4(C)C3C(O)CC12C. The van der Waals surface area contributed by atoms with Gasteiger partial charge in [-0.2, -0.15) is 0 Å².